The minimum absolute atomic E-state index is 0.0722. The van der Waals surface area contributed by atoms with Gasteiger partial charge in [-0.15, -0.1) is 0 Å². The number of hydrogen-bond acceptors (Lipinski definition) is 3. The Bertz CT molecular complexity index is 511. The highest BCUT2D eigenvalue weighted by molar-refractivity contribution is 9.10. The van der Waals surface area contributed by atoms with Crippen LogP contribution in [0.3, 0.4) is 0 Å². The van der Waals surface area contributed by atoms with Gasteiger partial charge in [-0.1, -0.05) is 19.8 Å². The second-order valence-corrected chi connectivity index (χ2v) is 6.40. The highest BCUT2D eigenvalue weighted by Crippen LogP contribution is 2.37. The predicted molar refractivity (Wildman–Crippen MR) is 90.9 cm³/mol. The van der Waals surface area contributed by atoms with E-state index in [0.29, 0.717) is 23.7 Å². The van der Waals surface area contributed by atoms with E-state index in [2.05, 4.69) is 22.9 Å². The van der Waals surface area contributed by atoms with Crippen molar-refractivity contribution in [1.29, 1.82) is 0 Å². The minimum atomic E-state index is 0.0722. The smallest absolute Gasteiger partial charge is 0.254 e. The van der Waals surface area contributed by atoms with Gasteiger partial charge < -0.3 is 14.4 Å². The zero-order valence-corrected chi connectivity index (χ0v) is 14.9. The monoisotopic (exact) mass is 369 g/mol. The molecule has 0 saturated carbocycles. The Morgan fingerprint density at radius 3 is 2.50 bits per heavy atom. The second-order valence-electron chi connectivity index (χ2n) is 5.54. The molecule has 1 aliphatic rings. The van der Waals surface area contributed by atoms with Crippen LogP contribution in [0.1, 0.15) is 49.4 Å². The summed E-state index contributed by atoms with van der Waals surface area (Å²) in [6.45, 7) is 4.35. The Morgan fingerprint density at radius 2 is 1.91 bits per heavy atom. The average Bonchev–Trinajstić information content (AvgIpc) is 2.81. The van der Waals surface area contributed by atoms with Crippen molar-refractivity contribution in [2.45, 2.75) is 39.0 Å². The standard InChI is InChI=1S/C17H24BrNO3/c1-3-10-22-16-14(18)11-13(12-15(16)21-2)17(20)19-8-6-4-5-7-9-19/h11-12H,3-10H2,1-2H3. The van der Waals surface area contributed by atoms with Gasteiger partial charge in [0.25, 0.3) is 5.91 Å². The van der Waals surface area contributed by atoms with Crippen molar-refractivity contribution in [3.63, 3.8) is 0 Å². The van der Waals surface area contributed by atoms with Crippen LogP contribution in [0, 0.1) is 0 Å². The Labute approximate surface area is 140 Å². The lowest BCUT2D eigenvalue weighted by Crippen LogP contribution is -2.31. The first-order valence-corrected chi connectivity index (χ1v) is 8.76. The third kappa shape index (κ3) is 4.15. The van der Waals surface area contributed by atoms with Crippen molar-refractivity contribution < 1.29 is 14.3 Å². The molecule has 2 rings (SSSR count). The molecule has 122 valence electrons. The maximum absolute atomic E-state index is 12.7. The van der Waals surface area contributed by atoms with Crippen molar-refractivity contribution in [1.82, 2.24) is 4.90 Å². The highest BCUT2D eigenvalue weighted by Gasteiger charge is 2.21. The first kappa shape index (κ1) is 17.1. The lowest BCUT2D eigenvalue weighted by atomic mass is 10.1. The van der Waals surface area contributed by atoms with Crippen LogP contribution < -0.4 is 9.47 Å². The van der Waals surface area contributed by atoms with Gasteiger partial charge in [-0.05, 0) is 47.3 Å². The molecule has 0 atom stereocenters. The molecule has 0 aromatic heterocycles. The molecule has 1 fully saturated rings. The molecular weight excluding hydrogens is 346 g/mol. The average molecular weight is 370 g/mol. The molecule has 0 radical (unpaired) electrons. The summed E-state index contributed by atoms with van der Waals surface area (Å²) >= 11 is 3.50. The molecule has 1 saturated heterocycles. The first-order chi connectivity index (χ1) is 10.7. The molecule has 1 aliphatic heterocycles. The summed E-state index contributed by atoms with van der Waals surface area (Å²) in [5, 5.41) is 0. The quantitative estimate of drug-likeness (QED) is 0.777. The van der Waals surface area contributed by atoms with Gasteiger partial charge in [0, 0.05) is 18.7 Å². The van der Waals surface area contributed by atoms with Crippen LogP contribution in [0.5, 0.6) is 11.5 Å². The summed E-state index contributed by atoms with van der Waals surface area (Å²) in [4.78, 5) is 14.7. The first-order valence-electron chi connectivity index (χ1n) is 7.97. The van der Waals surface area contributed by atoms with Crippen LogP contribution in [0.25, 0.3) is 0 Å². The van der Waals surface area contributed by atoms with Crippen LogP contribution in [-0.4, -0.2) is 37.6 Å². The van der Waals surface area contributed by atoms with Crippen molar-refractivity contribution in [3.05, 3.63) is 22.2 Å². The highest BCUT2D eigenvalue weighted by atomic mass is 79.9. The number of amides is 1. The van der Waals surface area contributed by atoms with Gasteiger partial charge in [-0.3, -0.25) is 4.79 Å². The van der Waals surface area contributed by atoms with Gasteiger partial charge in [0.15, 0.2) is 11.5 Å². The summed E-state index contributed by atoms with van der Waals surface area (Å²) < 4.78 is 11.9. The van der Waals surface area contributed by atoms with E-state index in [0.717, 1.165) is 36.8 Å². The fraction of sp³-hybridized carbons (Fsp3) is 0.588. The van der Waals surface area contributed by atoms with Gasteiger partial charge in [-0.25, -0.2) is 0 Å². The number of methoxy groups -OCH3 is 1. The summed E-state index contributed by atoms with van der Waals surface area (Å²) in [5.41, 5.74) is 0.648. The zero-order chi connectivity index (χ0) is 15.9. The van der Waals surface area contributed by atoms with Gasteiger partial charge in [0.1, 0.15) is 0 Å². The van der Waals surface area contributed by atoms with E-state index in [1.54, 1.807) is 13.2 Å². The SMILES string of the molecule is CCCOc1c(Br)cc(C(=O)N2CCCCCC2)cc1OC. The molecule has 22 heavy (non-hydrogen) atoms. The maximum Gasteiger partial charge on any atom is 0.254 e. The molecule has 5 heteroatoms. The van der Waals surface area contributed by atoms with E-state index in [-0.39, 0.29) is 5.91 Å². The van der Waals surface area contributed by atoms with Crippen LogP contribution in [-0.2, 0) is 0 Å². The normalized spacial score (nSPS) is 15.3. The van der Waals surface area contributed by atoms with E-state index in [1.165, 1.54) is 12.8 Å². The van der Waals surface area contributed by atoms with E-state index in [9.17, 15) is 4.79 Å². The third-order valence-corrected chi connectivity index (χ3v) is 4.41. The lowest BCUT2D eigenvalue weighted by Gasteiger charge is -2.21. The number of carbonyl (C=O) groups excluding carboxylic acids is 1. The largest absolute Gasteiger partial charge is 0.493 e. The van der Waals surface area contributed by atoms with E-state index in [4.69, 9.17) is 9.47 Å². The summed E-state index contributed by atoms with van der Waals surface area (Å²) in [5.74, 6) is 1.33. The van der Waals surface area contributed by atoms with Crippen molar-refractivity contribution in [2.75, 3.05) is 26.8 Å². The molecule has 0 aliphatic carbocycles. The molecule has 1 heterocycles. The van der Waals surface area contributed by atoms with Crippen LogP contribution in [0.2, 0.25) is 0 Å². The number of ether oxygens (including phenoxy) is 2. The number of likely N-dealkylation sites (tertiary alicyclic amines) is 1. The summed E-state index contributed by atoms with van der Waals surface area (Å²) in [6.07, 6.45) is 5.51. The van der Waals surface area contributed by atoms with Crippen molar-refractivity contribution in [3.8, 4) is 11.5 Å². The molecule has 0 bridgehead atoms. The molecular formula is C17H24BrNO3. The van der Waals surface area contributed by atoms with Gasteiger partial charge >= 0.3 is 0 Å². The van der Waals surface area contributed by atoms with Gasteiger partial charge in [0.2, 0.25) is 0 Å². The number of hydrogen-bond donors (Lipinski definition) is 0. The molecule has 0 spiro atoms. The molecule has 1 aromatic carbocycles. The number of rotatable bonds is 5. The third-order valence-electron chi connectivity index (χ3n) is 3.82. The van der Waals surface area contributed by atoms with Gasteiger partial charge in [-0.2, -0.15) is 0 Å². The maximum atomic E-state index is 12.7. The topological polar surface area (TPSA) is 38.8 Å². The zero-order valence-electron chi connectivity index (χ0n) is 13.4. The molecule has 0 N–H and O–H groups in total. The number of carbonyl (C=O) groups is 1. The summed E-state index contributed by atoms with van der Waals surface area (Å²) in [7, 11) is 1.60. The Balaban J connectivity index is 2.23. The fourth-order valence-corrected chi connectivity index (χ4v) is 3.20. The van der Waals surface area contributed by atoms with Crippen molar-refractivity contribution >= 4 is 21.8 Å². The van der Waals surface area contributed by atoms with E-state index >= 15 is 0 Å². The Hall–Kier alpha value is -1.23. The molecule has 1 aromatic rings. The van der Waals surface area contributed by atoms with E-state index in [1.807, 2.05) is 11.0 Å². The molecule has 1 amide bonds. The second kappa shape index (κ2) is 8.42. The number of benzene rings is 1. The molecule has 0 unspecified atom stereocenters. The van der Waals surface area contributed by atoms with E-state index < -0.39 is 0 Å². The number of halogens is 1. The van der Waals surface area contributed by atoms with Gasteiger partial charge in [0.05, 0.1) is 18.2 Å². The van der Waals surface area contributed by atoms with Crippen LogP contribution in [0.15, 0.2) is 16.6 Å². The fourth-order valence-electron chi connectivity index (χ4n) is 2.64. The van der Waals surface area contributed by atoms with Crippen LogP contribution in [0.4, 0.5) is 0 Å². The molecule has 4 nitrogen and oxygen atoms in total. The summed E-state index contributed by atoms with van der Waals surface area (Å²) in [6, 6.07) is 3.61. The number of nitrogens with zero attached hydrogens (tertiary/aromatic N) is 1. The van der Waals surface area contributed by atoms with Crippen LogP contribution >= 0.6 is 15.9 Å². The van der Waals surface area contributed by atoms with Crippen molar-refractivity contribution in [2.24, 2.45) is 0 Å². The Kier molecular flexibility index (Phi) is 6.55. The Morgan fingerprint density at radius 1 is 1.23 bits per heavy atom. The lowest BCUT2D eigenvalue weighted by molar-refractivity contribution is 0.0761. The minimum Gasteiger partial charge on any atom is -0.493 e. The predicted octanol–water partition coefficient (Wildman–Crippen LogP) is 4.26.